The summed E-state index contributed by atoms with van der Waals surface area (Å²) >= 11 is 0. The third-order valence-electron chi connectivity index (χ3n) is 1.17. The van der Waals surface area contributed by atoms with E-state index in [4.69, 9.17) is 0 Å². The summed E-state index contributed by atoms with van der Waals surface area (Å²) in [6, 6.07) is 0.508. The van der Waals surface area contributed by atoms with Gasteiger partial charge in [0.15, 0.2) is 0 Å². The number of hydrogen-bond donors (Lipinski definition) is 0. The Morgan fingerprint density at radius 2 is 2.11 bits per heavy atom. The second-order valence-corrected chi connectivity index (χ2v) is 2.21. The second-order valence-electron chi connectivity index (χ2n) is 2.21. The van der Waals surface area contributed by atoms with Crippen LogP contribution in [0.2, 0.25) is 0 Å². The second kappa shape index (κ2) is 4.13. The van der Waals surface area contributed by atoms with Crippen molar-refractivity contribution in [2.24, 2.45) is 4.99 Å². The molecule has 0 N–H and O–H groups in total. The molecule has 0 bridgehead atoms. The van der Waals surface area contributed by atoms with Gasteiger partial charge in [-0.15, -0.1) is 0 Å². The lowest BCUT2D eigenvalue weighted by Gasteiger charge is -2.16. The highest BCUT2D eigenvalue weighted by Crippen LogP contribution is 1.87. The number of rotatable bonds is 3. The number of aliphatic imine (C=N–C) groups is 1. The maximum Gasteiger partial charge on any atom is 0.0904 e. The molecule has 0 fully saturated rings. The molecule has 0 aromatic carbocycles. The molecule has 0 aliphatic carbocycles. The predicted octanol–water partition coefficient (Wildman–Crippen LogP) is 1.50. The quantitative estimate of drug-likeness (QED) is 0.413. The zero-order valence-corrected chi connectivity index (χ0v) is 6.33. The fraction of sp³-hybridized carbons (Fsp3) is 0.571. The molecular formula is C7H14N2. The van der Waals surface area contributed by atoms with Crippen molar-refractivity contribution in [3.05, 3.63) is 12.8 Å². The SMILES string of the molecule is C=CN=CN(C)C(C)C. The lowest BCUT2D eigenvalue weighted by atomic mass is 10.4. The van der Waals surface area contributed by atoms with Crippen LogP contribution in [-0.4, -0.2) is 24.3 Å². The van der Waals surface area contributed by atoms with Gasteiger partial charge in [-0.25, -0.2) is 4.99 Å². The van der Waals surface area contributed by atoms with E-state index in [1.807, 2.05) is 11.9 Å². The van der Waals surface area contributed by atoms with Crippen molar-refractivity contribution in [3.8, 4) is 0 Å². The van der Waals surface area contributed by atoms with Crippen molar-refractivity contribution in [2.45, 2.75) is 19.9 Å². The van der Waals surface area contributed by atoms with Crippen molar-refractivity contribution in [2.75, 3.05) is 7.05 Å². The van der Waals surface area contributed by atoms with E-state index >= 15 is 0 Å². The molecule has 0 saturated carbocycles. The van der Waals surface area contributed by atoms with Crippen LogP contribution in [0, 0.1) is 0 Å². The van der Waals surface area contributed by atoms with Gasteiger partial charge >= 0.3 is 0 Å². The van der Waals surface area contributed by atoms with Gasteiger partial charge in [-0.05, 0) is 13.8 Å². The third kappa shape index (κ3) is 3.76. The van der Waals surface area contributed by atoms with Crippen LogP contribution in [-0.2, 0) is 0 Å². The lowest BCUT2D eigenvalue weighted by molar-refractivity contribution is 0.429. The smallest absolute Gasteiger partial charge is 0.0904 e. The highest BCUT2D eigenvalue weighted by molar-refractivity contribution is 5.55. The Morgan fingerprint density at radius 1 is 1.56 bits per heavy atom. The van der Waals surface area contributed by atoms with Crippen LogP contribution in [0.1, 0.15) is 13.8 Å². The third-order valence-corrected chi connectivity index (χ3v) is 1.17. The van der Waals surface area contributed by atoms with Crippen LogP contribution in [0.25, 0.3) is 0 Å². The molecule has 2 heteroatoms. The van der Waals surface area contributed by atoms with E-state index in [1.165, 1.54) is 6.20 Å². The number of nitrogens with zero attached hydrogens (tertiary/aromatic N) is 2. The van der Waals surface area contributed by atoms with Crippen molar-refractivity contribution in [3.63, 3.8) is 0 Å². The molecule has 0 rings (SSSR count). The first-order chi connectivity index (χ1) is 4.18. The van der Waals surface area contributed by atoms with Crippen LogP contribution >= 0.6 is 0 Å². The zero-order valence-electron chi connectivity index (χ0n) is 6.33. The van der Waals surface area contributed by atoms with Gasteiger partial charge < -0.3 is 4.90 Å². The van der Waals surface area contributed by atoms with E-state index in [1.54, 1.807) is 6.34 Å². The summed E-state index contributed by atoms with van der Waals surface area (Å²) < 4.78 is 0. The molecule has 0 atom stereocenters. The van der Waals surface area contributed by atoms with Gasteiger partial charge in [0.25, 0.3) is 0 Å². The maximum atomic E-state index is 3.86. The van der Waals surface area contributed by atoms with Crippen molar-refractivity contribution in [1.82, 2.24) is 4.90 Å². The molecule has 0 heterocycles. The normalized spacial score (nSPS) is 10.7. The summed E-state index contributed by atoms with van der Waals surface area (Å²) in [5.74, 6) is 0. The van der Waals surface area contributed by atoms with Gasteiger partial charge in [0.2, 0.25) is 0 Å². The summed E-state index contributed by atoms with van der Waals surface area (Å²) in [7, 11) is 1.98. The van der Waals surface area contributed by atoms with E-state index in [9.17, 15) is 0 Å². The number of hydrogen-bond acceptors (Lipinski definition) is 1. The van der Waals surface area contributed by atoms with Gasteiger partial charge in [-0.2, -0.15) is 0 Å². The molecule has 0 aliphatic rings. The van der Waals surface area contributed by atoms with Crippen LogP contribution in [0.4, 0.5) is 0 Å². The standard InChI is InChI=1S/C7H14N2/c1-5-8-6-9(4)7(2)3/h5-7H,1H2,2-4H3. The van der Waals surface area contributed by atoms with Gasteiger partial charge in [0.05, 0.1) is 6.34 Å². The molecule has 0 amide bonds. The molecule has 0 radical (unpaired) electrons. The van der Waals surface area contributed by atoms with Gasteiger partial charge in [0, 0.05) is 19.3 Å². The Kier molecular flexibility index (Phi) is 3.76. The topological polar surface area (TPSA) is 15.6 Å². The van der Waals surface area contributed by atoms with Crippen molar-refractivity contribution >= 4 is 6.34 Å². The van der Waals surface area contributed by atoms with E-state index in [0.29, 0.717) is 6.04 Å². The van der Waals surface area contributed by atoms with Gasteiger partial charge in [-0.1, -0.05) is 6.58 Å². The van der Waals surface area contributed by atoms with Gasteiger partial charge in [-0.3, -0.25) is 0 Å². The van der Waals surface area contributed by atoms with Crippen molar-refractivity contribution in [1.29, 1.82) is 0 Å². The van der Waals surface area contributed by atoms with Crippen LogP contribution in [0.15, 0.2) is 17.8 Å². The highest BCUT2D eigenvalue weighted by Gasteiger charge is 1.93. The van der Waals surface area contributed by atoms with Gasteiger partial charge in [0.1, 0.15) is 0 Å². The molecule has 9 heavy (non-hydrogen) atoms. The molecule has 0 aliphatic heterocycles. The van der Waals surface area contributed by atoms with Crippen LogP contribution in [0.3, 0.4) is 0 Å². The van der Waals surface area contributed by atoms with Crippen LogP contribution in [0.5, 0.6) is 0 Å². The monoisotopic (exact) mass is 126 g/mol. The van der Waals surface area contributed by atoms with E-state index in [2.05, 4.69) is 25.4 Å². The zero-order chi connectivity index (χ0) is 7.28. The molecule has 2 nitrogen and oxygen atoms in total. The molecule has 0 unspecified atom stereocenters. The summed E-state index contributed by atoms with van der Waals surface area (Å²) in [6.07, 6.45) is 3.29. The fourth-order valence-electron chi connectivity index (χ4n) is 0.286. The average molecular weight is 126 g/mol. The summed E-state index contributed by atoms with van der Waals surface area (Å²) in [4.78, 5) is 5.87. The minimum absolute atomic E-state index is 0.508. The highest BCUT2D eigenvalue weighted by atomic mass is 15.1. The Hall–Kier alpha value is -0.790. The minimum Gasteiger partial charge on any atom is -0.363 e. The first-order valence-corrected chi connectivity index (χ1v) is 3.04. The molecule has 0 aromatic rings. The Labute approximate surface area is 56.9 Å². The summed E-state index contributed by atoms with van der Waals surface area (Å²) in [5, 5.41) is 0. The van der Waals surface area contributed by atoms with E-state index in [0.717, 1.165) is 0 Å². The fourth-order valence-corrected chi connectivity index (χ4v) is 0.286. The van der Waals surface area contributed by atoms with E-state index in [-0.39, 0.29) is 0 Å². The largest absolute Gasteiger partial charge is 0.363 e. The van der Waals surface area contributed by atoms with Crippen molar-refractivity contribution < 1.29 is 0 Å². The lowest BCUT2D eigenvalue weighted by Crippen LogP contribution is -2.24. The first kappa shape index (κ1) is 8.21. The first-order valence-electron chi connectivity index (χ1n) is 3.04. The summed E-state index contributed by atoms with van der Waals surface area (Å²) in [6.45, 7) is 7.68. The molecule has 0 saturated heterocycles. The Bertz CT molecular complexity index is 105. The molecular weight excluding hydrogens is 112 g/mol. The summed E-state index contributed by atoms with van der Waals surface area (Å²) in [5.41, 5.74) is 0. The van der Waals surface area contributed by atoms with Crippen LogP contribution < -0.4 is 0 Å². The predicted molar refractivity (Wildman–Crippen MR) is 41.6 cm³/mol. The molecule has 0 spiro atoms. The molecule has 52 valence electrons. The maximum absolute atomic E-state index is 3.86. The molecule has 0 aromatic heterocycles. The van der Waals surface area contributed by atoms with E-state index < -0.39 is 0 Å². The Balaban J connectivity index is 3.61. The Morgan fingerprint density at radius 3 is 2.44 bits per heavy atom. The minimum atomic E-state index is 0.508. The average Bonchev–Trinajstić information content (AvgIpc) is 1.82.